The van der Waals surface area contributed by atoms with Gasteiger partial charge < -0.3 is 15.0 Å². The summed E-state index contributed by atoms with van der Waals surface area (Å²) in [6.07, 6.45) is 5.62. The second kappa shape index (κ2) is 7.09. The number of ether oxygens (including phenoxy) is 1. The fraction of sp³-hybridized carbons (Fsp3) is 0.688. The van der Waals surface area contributed by atoms with Gasteiger partial charge in [0.1, 0.15) is 6.61 Å². The van der Waals surface area contributed by atoms with Crippen LogP contribution in [0.25, 0.3) is 0 Å². The van der Waals surface area contributed by atoms with Crippen molar-refractivity contribution in [1.29, 1.82) is 0 Å². The van der Waals surface area contributed by atoms with E-state index >= 15 is 0 Å². The Morgan fingerprint density at radius 1 is 1.29 bits per heavy atom. The molecular formula is C16H27N3O2. The highest BCUT2D eigenvalue weighted by Gasteiger charge is 2.14. The molecule has 0 unspecified atom stereocenters. The number of rotatable bonds is 6. The molecule has 2 rings (SSSR count). The number of likely N-dealkylation sites (tertiary alicyclic amines) is 1. The average Bonchev–Trinajstić information content (AvgIpc) is 2.43. The van der Waals surface area contributed by atoms with Crippen LogP contribution in [-0.2, 0) is 6.54 Å². The highest BCUT2D eigenvalue weighted by molar-refractivity contribution is 5.17. The molecule has 0 aliphatic carbocycles. The molecule has 21 heavy (non-hydrogen) atoms. The molecule has 0 spiro atoms. The van der Waals surface area contributed by atoms with Gasteiger partial charge in [0, 0.05) is 24.8 Å². The Labute approximate surface area is 126 Å². The Morgan fingerprint density at radius 2 is 2.00 bits per heavy atom. The third-order valence-corrected chi connectivity index (χ3v) is 3.68. The van der Waals surface area contributed by atoms with E-state index in [1.165, 1.54) is 19.3 Å². The van der Waals surface area contributed by atoms with Gasteiger partial charge in [0.25, 0.3) is 5.56 Å². The van der Waals surface area contributed by atoms with Crippen molar-refractivity contribution in [2.75, 3.05) is 26.2 Å². The highest BCUT2D eigenvalue weighted by atomic mass is 16.5. The molecule has 0 amide bonds. The molecule has 1 saturated heterocycles. The summed E-state index contributed by atoms with van der Waals surface area (Å²) in [6, 6.07) is 3.57. The zero-order valence-corrected chi connectivity index (χ0v) is 13.2. The van der Waals surface area contributed by atoms with Gasteiger partial charge >= 0.3 is 0 Å². The molecule has 0 aromatic carbocycles. The predicted molar refractivity (Wildman–Crippen MR) is 84.8 cm³/mol. The molecule has 0 bridgehead atoms. The number of hydrogen-bond donors (Lipinski definition) is 1. The van der Waals surface area contributed by atoms with Crippen LogP contribution in [-0.4, -0.2) is 41.2 Å². The van der Waals surface area contributed by atoms with Crippen molar-refractivity contribution in [2.45, 2.75) is 45.2 Å². The van der Waals surface area contributed by atoms with Crippen molar-refractivity contribution in [3.63, 3.8) is 0 Å². The van der Waals surface area contributed by atoms with E-state index in [2.05, 4.69) is 4.90 Å². The lowest BCUT2D eigenvalue weighted by atomic mass is 10.1. The lowest BCUT2D eigenvalue weighted by Crippen LogP contribution is -2.40. The third-order valence-electron chi connectivity index (χ3n) is 3.68. The molecule has 2 heterocycles. The SMILES string of the molecule is CC(C)(N)Cn1cccc(OCCN2CCCCC2)c1=O. The van der Waals surface area contributed by atoms with Crippen LogP contribution in [0.5, 0.6) is 5.75 Å². The number of piperidine rings is 1. The van der Waals surface area contributed by atoms with Crippen molar-refractivity contribution in [3.05, 3.63) is 28.7 Å². The first-order chi connectivity index (χ1) is 9.96. The molecule has 5 nitrogen and oxygen atoms in total. The number of nitrogens with two attached hydrogens (primary N) is 1. The Balaban J connectivity index is 1.91. The van der Waals surface area contributed by atoms with E-state index in [4.69, 9.17) is 10.5 Å². The van der Waals surface area contributed by atoms with E-state index < -0.39 is 5.54 Å². The lowest BCUT2D eigenvalue weighted by molar-refractivity contribution is 0.182. The zero-order valence-electron chi connectivity index (χ0n) is 13.2. The molecule has 0 radical (unpaired) electrons. The normalized spacial score (nSPS) is 16.9. The smallest absolute Gasteiger partial charge is 0.292 e. The van der Waals surface area contributed by atoms with Gasteiger partial charge in [-0.15, -0.1) is 0 Å². The maximum absolute atomic E-state index is 12.3. The third kappa shape index (κ3) is 5.17. The summed E-state index contributed by atoms with van der Waals surface area (Å²) in [5.74, 6) is 0.416. The van der Waals surface area contributed by atoms with Crippen LogP contribution in [0.15, 0.2) is 23.1 Å². The van der Waals surface area contributed by atoms with Gasteiger partial charge in [-0.05, 0) is 51.9 Å². The van der Waals surface area contributed by atoms with Crippen molar-refractivity contribution >= 4 is 0 Å². The van der Waals surface area contributed by atoms with E-state index in [9.17, 15) is 4.79 Å². The summed E-state index contributed by atoms with van der Waals surface area (Å²) in [5, 5.41) is 0. The van der Waals surface area contributed by atoms with Gasteiger partial charge in [0.05, 0.1) is 0 Å². The standard InChI is InChI=1S/C16H27N3O2/c1-16(2,17)13-19-10-6-7-14(15(19)20)21-12-11-18-8-4-3-5-9-18/h6-7,10H,3-5,8-9,11-13,17H2,1-2H3. The highest BCUT2D eigenvalue weighted by Crippen LogP contribution is 2.09. The average molecular weight is 293 g/mol. The molecule has 2 N–H and O–H groups in total. The fourth-order valence-electron chi connectivity index (χ4n) is 2.66. The molecule has 1 fully saturated rings. The van der Waals surface area contributed by atoms with Crippen LogP contribution in [0.3, 0.4) is 0 Å². The number of aromatic nitrogens is 1. The van der Waals surface area contributed by atoms with Crippen LogP contribution < -0.4 is 16.0 Å². The summed E-state index contributed by atoms with van der Waals surface area (Å²) in [7, 11) is 0. The number of pyridine rings is 1. The summed E-state index contributed by atoms with van der Waals surface area (Å²) >= 11 is 0. The topological polar surface area (TPSA) is 60.5 Å². The minimum atomic E-state index is -0.420. The maximum atomic E-state index is 12.3. The van der Waals surface area contributed by atoms with Gasteiger partial charge in [-0.1, -0.05) is 6.42 Å². The van der Waals surface area contributed by atoms with Gasteiger partial charge in [0.2, 0.25) is 0 Å². The minimum Gasteiger partial charge on any atom is -0.487 e. The fourth-order valence-corrected chi connectivity index (χ4v) is 2.66. The summed E-state index contributed by atoms with van der Waals surface area (Å²) in [6.45, 7) is 8.03. The summed E-state index contributed by atoms with van der Waals surface area (Å²) < 4.78 is 7.30. The van der Waals surface area contributed by atoms with Gasteiger partial charge in [-0.2, -0.15) is 0 Å². The van der Waals surface area contributed by atoms with Crippen LogP contribution in [0, 0.1) is 0 Å². The first-order valence-electron chi connectivity index (χ1n) is 7.79. The second-order valence-electron chi connectivity index (χ2n) is 6.54. The molecule has 1 aromatic heterocycles. The van der Waals surface area contributed by atoms with Gasteiger partial charge in [-0.3, -0.25) is 9.69 Å². The molecule has 0 atom stereocenters. The zero-order chi connectivity index (χ0) is 15.3. The first-order valence-corrected chi connectivity index (χ1v) is 7.79. The second-order valence-corrected chi connectivity index (χ2v) is 6.54. The molecule has 1 aromatic rings. The van der Waals surface area contributed by atoms with E-state index in [1.54, 1.807) is 16.8 Å². The van der Waals surface area contributed by atoms with Gasteiger partial charge in [-0.25, -0.2) is 0 Å². The van der Waals surface area contributed by atoms with E-state index in [0.29, 0.717) is 18.9 Å². The van der Waals surface area contributed by atoms with E-state index in [-0.39, 0.29) is 5.56 Å². The number of nitrogens with zero attached hydrogens (tertiary/aromatic N) is 2. The lowest BCUT2D eigenvalue weighted by Gasteiger charge is -2.26. The molecule has 0 saturated carbocycles. The molecule has 118 valence electrons. The molecular weight excluding hydrogens is 266 g/mol. The number of hydrogen-bond acceptors (Lipinski definition) is 4. The van der Waals surface area contributed by atoms with Crippen molar-refractivity contribution in [3.8, 4) is 5.75 Å². The molecule has 1 aliphatic rings. The van der Waals surface area contributed by atoms with Gasteiger partial charge in [0.15, 0.2) is 5.75 Å². The van der Waals surface area contributed by atoms with Crippen LogP contribution >= 0.6 is 0 Å². The quantitative estimate of drug-likeness (QED) is 0.862. The van der Waals surface area contributed by atoms with Crippen LogP contribution in [0.1, 0.15) is 33.1 Å². The van der Waals surface area contributed by atoms with Crippen molar-refractivity contribution in [2.24, 2.45) is 5.73 Å². The summed E-state index contributed by atoms with van der Waals surface area (Å²) in [5.41, 5.74) is 5.45. The molecule has 1 aliphatic heterocycles. The van der Waals surface area contributed by atoms with Crippen molar-refractivity contribution in [1.82, 2.24) is 9.47 Å². The predicted octanol–water partition coefficient (Wildman–Crippen LogP) is 1.45. The monoisotopic (exact) mass is 293 g/mol. The van der Waals surface area contributed by atoms with E-state index in [0.717, 1.165) is 19.6 Å². The summed E-state index contributed by atoms with van der Waals surface area (Å²) in [4.78, 5) is 14.7. The largest absolute Gasteiger partial charge is 0.487 e. The minimum absolute atomic E-state index is 0.102. The Morgan fingerprint density at radius 3 is 2.67 bits per heavy atom. The maximum Gasteiger partial charge on any atom is 0.292 e. The Hall–Kier alpha value is -1.33. The van der Waals surface area contributed by atoms with E-state index in [1.807, 2.05) is 19.9 Å². The van der Waals surface area contributed by atoms with Crippen molar-refractivity contribution < 1.29 is 4.74 Å². The van der Waals surface area contributed by atoms with Crippen LogP contribution in [0.4, 0.5) is 0 Å². The van der Waals surface area contributed by atoms with Crippen LogP contribution in [0.2, 0.25) is 0 Å². The Kier molecular flexibility index (Phi) is 5.42. The first kappa shape index (κ1) is 16.0. The molecule has 5 heteroatoms. The Bertz CT molecular complexity index is 499.